The molecule has 1 aliphatic carbocycles. The Morgan fingerprint density at radius 1 is 1.17 bits per heavy atom. The number of ether oxygens (including phenoxy) is 1. The highest BCUT2D eigenvalue weighted by Crippen LogP contribution is 2.38. The molecule has 150 valence electrons. The SMILES string of the molecule is C[C@@H]1CCc2sc(C(=O)OCC(=O)c3cc4c5c(c3)CC(=O)N5CCC4)cc2C1. The summed E-state index contributed by atoms with van der Waals surface area (Å²) in [6, 6.07) is 5.59. The predicted molar refractivity (Wildman–Crippen MR) is 111 cm³/mol. The molecule has 0 saturated heterocycles. The van der Waals surface area contributed by atoms with Gasteiger partial charge in [0.1, 0.15) is 4.88 Å². The van der Waals surface area contributed by atoms with Crippen LogP contribution in [0.3, 0.4) is 0 Å². The first-order valence-electron chi connectivity index (χ1n) is 10.3. The third kappa shape index (κ3) is 3.29. The molecule has 0 N–H and O–H groups in total. The van der Waals surface area contributed by atoms with Crippen molar-refractivity contribution in [3.63, 3.8) is 0 Å². The maximum absolute atomic E-state index is 12.7. The van der Waals surface area contributed by atoms with Gasteiger partial charge in [-0.25, -0.2) is 4.79 Å². The van der Waals surface area contributed by atoms with Crippen molar-refractivity contribution in [3.05, 3.63) is 50.2 Å². The number of aryl methyl sites for hydroxylation is 2. The number of hydrogen-bond acceptors (Lipinski definition) is 5. The minimum absolute atomic E-state index is 0.105. The van der Waals surface area contributed by atoms with Gasteiger partial charge < -0.3 is 9.64 Å². The zero-order valence-electron chi connectivity index (χ0n) is 16.5. The fourth-order valence-corrected chi connectivity index (χ4v) is 5.83. The molecular formula is C23H23NO4S. The van der Waals surface area contributed by atoms with Crippen LogP contribution in [-0.4, -0.2) is 30.8 Å². The molecule has 2 aromatic rings. The fraction of sp³-hybridized carbons (Fsp3) is 0.435. The summed E-state index contributed by atoms with van der Waals surface area (Å²) in [7, 11) is 0. The van der Waals surface area contributed by atoms with E-state index in [1.807, 2.05) is 17.0 Å². The molecule has 1 atom stereocenters. The van der Waals surface area contributed by atoms with E-state index < -0.39 is 5.97 Å². The number of benzene rings is 1. The van der Waals surface area contributed by atoms with Gasteiger partial charge in [0.05, 0.1) is 12.1 Å². The highest BCUT2D eigenvalue weighted by Gasteiger charge is 2.33. The molecule has 0 fully saturated rings. The summed E-state index contributed by atoms with van der Waals surface area (Å²) in [5.74, 6) is 0.109. The van der Waals surface area contributed by atoms with Crippen LogP contribution in [0.25, 0.3) is 0 Å². The molecule has 0 radical (unpaired) electrons. The first-order valence-corrected chi connectivity index (χ1v) is 11.1. The van der Waals surface area contributed by atoms with E-state index in [1.54, 1.807) is 6.07 Å². The number of carbonyl (C=O) groups is 3. The van der Waals surface area contributed by atoms with Gasteiger partial charge in [0.2, 0.25) is 5.91 Å². The Kier molecular flexibility index (Phi) is 4.54. The van der Waals surface area contributed by atoms with E-state index in [1.165, 1.54) is 21.8 Å². The molecule has 0 spiro atoms. The van der Waals surface area contributed by atoms with Crippen molar-refractivity contribution in [2.24, 2.45) is 5.92 Å². The molecule has 1 amide bonds. The number of ketones is 1. The summed E-state index contributed by atoms with van der Waals surface area (Å²) in [6.45, 7) is 2.72. The highest BCUT2D eigenvalue weighted by atomic mass is 32.1. The average molecular weight is 410 g/mol. The van der Waals surface area contributed by atoms with E-state index in [0.29, 0.717) is 22.8 Å². The topological polar surface area (TPSA) is 63.7 Å². The highest BCUT2D eigenvalue weighted by molar-refractivity contribution is 7.14. The Balaban J connectivity index is 1.29. The van der Waals surface area contributed by atoms with Gasteiger partial charge in [-0.15, -0.1) is 11.3 Å². The van der Waals surface area contributed by atoms with Gasteiger partial charge in [0.15, 0.2) is 12.4 Å². The monoisotopic (exact) mass is 409 g/mol. The van der Waals surface area contributed by atoms with Crippen LogP contribution in [0.4, 0.5) is 5.69 Å². The second-order valence-corrected chi connectivity index (χ2v) is 9.51. The van der Waals surface area contributed by atoms with Crippen LogP contribution >= 0.6 is 11.3 Å². The average Bonchev–Trinajstić information content (AvgIpc) is 3.27. The van der Waals surface area contributed by atoms with E-state index >= 15 is 0 Å². The summed E-state index contributed by atoms with van der Waals surface area (Å²) in [4.78, 5) is 41.0. The third-order valence-corrected chi connectivity index (χ3v) is 7.41. The molecular weight excluding hydrogens is 386 g/mol. The summed E-state index contributed by atoms with van der Waals surface area (Å²) in [5.41, 5.74) is 4.74. The number of amides is 1. The van der Waals surface area contributed by atoms with Crippen molar-refractivity contribution >= 4 is 34.7 Å². The van der Waals surface area contributed by atoms with Crippen molar-refractivity contribution in [1.82, 2.24) is 0 Å². The lowest BCUT2D eigenvalue weighted by Gasteiger charge is -2.25. The van der Waals surface area contributed by atoms with Crippen molar-refractivity contribution < 1.29 is 19.1 Å². The van der Waals surface area contributed by atoms with Gasteiger partial charge in [0.25, 0.3) is 0 Å². The number of fused-ring (bicyclic) bond motifs is 1. The maximum atomic E-state index is 12.7. The van der Waals surface area contributed by atoms with Gasteiger partial charge in [-0.2, -0.15) is 0 Å². The van der Waals surface area contributed by atoms with Crippen LogP contribution in [0, 0.1) is 5.92 Å². The zero-order chi connectivity index (χ0) is 20.1. The Morgan fingerprint density at radius 3 is 2.86 bits per heavy atom. The lowest BCUT2D eigenvalue weighted by molar-refractivity contribution is -0.117. The third-order valence-electron chi connectivity index (χ3n) is 6.20. The normalized spacial score (nSPS) is 19.7. The summed E-state index contributed by atoms with van der Waals surface area (Å²) in [6.07, 6.45) is 5.30. The molecule has 0 unspecified atom stereocenters. The molecule has 5 nitrogen and oxygen atoms in total. The van der Waals surface area contributed by atoms with Crippen molar-refractivity contribution in [1.29, 1.82) is 0 Å². The van der Waals surface area contributed by atoms with Gasteiger partial charge in [-0.1, -0.05) is 6.92 Å². The second kappa shape index (κ2) is 7.10. The molecule has 1 aromatic heterocycles. The van der Waals surface area contributed by atoms with Gasteiger partial charge in [-0.3, -0.25) is 9.59 Å². The number of nitrogens with zero attached hydrogens (tertiary/aromatic N) is 1. The Morgan fingerprint density at radius 2 is 2.00 bits per heavy atom. The van der Waals surface area contributed by atoms with Gasteiger partial charge >= 0.3 is 5.97 Å². The molecule has 1 aromatic carbocycles. The summed E-state index contributed by atoms with van der Waals surface area (Å²) in [5, 5.41) is 0. The number of carbonyl (C=O) groups excluding carboxylic acids is 3. The Hall–Kier alpha value is -2.47. The lowest BCUT2D eigenvalue weighted by Crippen LogP contribution is -2.31. The Bertz CT molecular complexity index is 1040. The van der Waals surface area contributed by atoms with Crippen LogP contribution < -0.4 is 4.90 Å². The number of Topliss-reactive ketones (excluding diaryl/α,β-unsaturated/α-hetero) is 1. The number of hydrogen-bond donors (Lipinski definition) is 0. The van der Waals surface area contributed by atoms with Crippen molar-refractivity contribution in [2.75, 3.05) is 18.1 Å². The molecule has 2 aliphatic heterocycles. The molecule has 0 bridgehead atoms. The van der Waals surface area contributed by atoms with Crippen LogP contribution in [-0.2, 0) is 35.2 Å². The summed E-state index contributed by atoms with van der Waals surface area (Å²) >= 11 is 1.49. The van der Waals surface area contributed by atoms with Gasteiger partial charge in [0, 0.05) is 17.0 Å². The van der Waals surface area contributed by atoms with Crippen molar-refractivity contribution in [2.45, 2.75) is 45.4 Å². The predicted octanol–water partition coefficient (Wildman–Crippen LogP) is 3.75. The standard InChI is InChI=1S/C23H23NO4S/c1-13-4-5-19-16(7-13)10-20(29-19)23(27)28-12-18(25)15-8-14-3-2-6-24-21(26)11-17(9-15)22(14)24/h8-10,13H,2-7,11-12H2,1H3/t13-/m1/s1. The number of anilines is 1. The molecule has 3 heterocycles. The number of rotatable bonds is 4. The van der Waals surface area contributed by atoms with E-state index in [4.69, 9.17) is 4.74 Å². The zero-order valence-corrected chi connectivity index (χ0v) is 17.3. The Labute approximate surface area is 173 Å². The largest absolute Gasteiger partial charge is 0.453 e. The van der Waals surface area contributed by atoms with Crippen LogP contribution in [0.2, 0.25) is 0 Å². The van der Waals surface area contributed by atoms with Crippen LogP contribution in [0.15, 0.2) is 18.2 Å². The minimum atomic E-state index is -0.422. The molecule has 5 rings (SSSR count). The summed E-state index contributed by atoms with van der Waals surface area (Å²) < 4.78 is 5.34. The van der Waals surface area contributed by atoms with E-state index in [0.717, 1.165) is 55.5 Å². The van der Waals surface area contributed by atoms with Gasteiger partial charge in [-0.05, 0) is 72.9 Å². The lowest BCUT2D eigenvalue weighted by atomic mass is 9.90. The molecule has 6 heteroatoms. The van der Waals surface area contributed by atoms with Crippen molar-refractivity contribution in [3.8, 4) is 0 Å². The maximum Gasteiger partial charge on any atom is 0.348 e. The van der Waals surface area contributed by atoms with Crippen LogP contribution in [0.5, 0.6) is 0 Å². The first-order chi connectivity index (χ1) is 14.0. The second-order valence-electron chi connectivity index (χ2n) is 8.38. The van der Waals surface area contributed by atoms with Crippen LogP contribution in [0.1, 0.15) is 61.4 Å². The fourth-order valence-electron chi connectivity index (χ4n) is 4.73. The van der Waals surface area contributed by atoms with E-state index in [-0.39, 0.29) is 18.3 Å². The molecule has 3 aliphatic rings. The molecule has 0 saturated carbocycles. The first kappa shape index (κ1) is 18.6. The van der Waals surface area contributed by atoms with E-state index in [2.05, 4.69) is 6.92 Å². The molecule has 29 heavy (non-hydrogen) atoms. The smallest absolute Gasteiger partial charge is 0.348 e. The quantitative estimate of drug-likeness (QED) is 0.570. The number of thiophene rings is 1. The minimum Gasteiger partial charge on any atom is -0.453 e. The van der Waals surface area contributed by atoms with E-state index in [9.17, 15) is 14.4 Å². The number of esters is 1.